The molecule has 0 radical (unpaired) electrons. The number of nitrogens with zero attached hydrogens (tertiary/aromatic N) is 6. The largest absolute Gasteiger partial charge is 0.481 e. The Kier molecular flexibility index (Phi) is 5.36. The number of benzene rings is 1. The van der Waals surface area contributed by atoms with Gasteiger partial charge in [0.15, 0.2) is 6.61 Å². The zero-order valence-electron chi connectivity index (χ0n) is 18.1. The van der Waals surface area contributed by atoms with Gasteiger partial charge in [-0.15, -0.1) is 0 Å². The summed E-state index contributed by atoms with van der Waals surface area (Å²) >= 11 is 0. The Labute approximate surface area is 191 Å². The number of methoxy groups -OCH3 is 1. The number of halogens is 2. The van der Waals surface area contributed by atoms with Crippen LogP contribution in [0.2, 0.25) is 0 Å². The lowest BCUT2D eigenvalue weighted by Crippen LogP contribution is -2.23. The van der Waals surface area contributed by atoms with Crippen molar-refractivity contribution in [2.75, 3.05) is 13.7 Å². The summed E-state index contributed by atoms with van der Waals surface area (Å²) in [6, 6.07) is 11.7. The predicted molar refractivity (Wildman–Crippen MR) is 121 cm³/mol. The van der Waals surface area contributed by atoms with Crippen molar-refractivity contribution in [3.05, 3.63) is 65.2 Å². The first-order valence-corrected chi connectivity index (χ1v) is 10.2. The molecule has 1 aromatic carbocycles. The summed E-state index contributed by atoms with van der Waals surface area (Å²) in [4.78, 5) is 22.2. The normalized spacial score (nSPS) is 11.4. The number of hydrogen-bond acceptors (Lipinski definition) is 7. The molecule has 0 bridgehead atoms. The lowest BCUT2D eigenvalue weighted by Gasteiger charge is -2.12. The zero-order chi connectivity index (χ0) is 23.8. The molecule has 0 unspecified atom stereocenters. The summed E-state index contributed by atoms with van der Waals surface area (Å²) in [6.07, 6.45) is 0.669. The van der Waals surface area contributed by atoms with Gasteiger partial charge in [0.2, 0.25) is 11.8 Å². The van der Waals surface area contributed by atoms with Gasteiger partial charge >= 0.3 is 0 Å². The molecule has 4 aromatic heterocycles. The number of ether oxygens (including phenoxy) is 2. The minimum Gasteiger partial charge on any atom is -0.481 e. The number of hydrogen-bond donors (Lipinski definition) is 0. The summed E-state index contributed by atoms with van der Waals surface area (Å²) in [5, 5.41) is 9.68. The topological polar surface area (TPSA) is 97.0 Å². The first-order chi connectivity index (χ1) is 16.4. The molecule has 0 aliphatic carbocycles. The lowest BCUT2D eigenvalue weighted by molar-refractivity contribution is 0.0798. The molecule has 9 nitrogen and oxygen atoms in total. The van der Waals surface area contributed by atoms with Crippen LogP contribution in [0.25, 0.3) is 38.8 Å². The SMILES string of the molecule is COc1ccc(-c2c(=O)n(-c3ccc4nn(C)cc4c3)nc3ccc(OCC(F)F)nc23)cn1. The first kappa shape index (κ1) is 21.4. The van der Waals surface area contributed by atoms with Gasteiger partial charge in [0.25, 0.3) is 12.0 Å². The van der Waals surface area contributed by atoms with Gasteiger partial charge < -0.3 is 9.47 Å². The number of fused-ring (bicyclic) bond motifs is 2. The number of rotatable bonds is 6. The Morgan fingerprint density at radius 2 is 1.82 bits per heavy atom. The molecule has 0 aliphatic heterocycles. The fourth-order valence-corrected chi connectivity index (χ4v) is 3.64. The molecule has 0 fully saturated rings. The average molecular weight is 464 g/mol. The van der Waals surface area contributed by atoms with Gasteiger partial charge in [-0.25, -0.2) is 18.7 Å². The molecule has 0 aliphatic rings. The third kappa shape index (κ3) is 3.91. The van der Waals surface area contributed by atoms with Gasteiger partial charge in [-0.2, -0.15) is 14.9 Å². The third-order valence-corrected chi connectivity index (χ3v) is 5.14. The van der Waals surface area contributed by atoms with E-state index in [9.17, 15) is 13.6 Å². The molecule has 5 rings (SSSR count). The highest BCUT2D eigenvalue weighted by molar-refractivity contribution is 5.91. The van der Waals surface area contributed by atoms with Gasteiger partial charge in [0, 0.05) is 42.5 Å². The molecule has 0 saturated heterocycles. The van der Waals surface area contributed by atoms with E-state index in [0.717, 1.165) is 10.9 Å². The Morgan fingerprint density at radius 1 is 1.03 bits per heavy atom. The van der Waals surface area contributed by atoms with Gasteiger partial charge in [-0.1, -0.05) is 0 Å². The molecular weight excluding hydrogens is 446 g/mol. The molecule has 34 heavy (non-hydrogen) atoms. The van der Waals surface area contributed by atoms with Crippen molar-refractivity contribution in [1.82, 2.24) is 29.5 Å². The van der Waals surface area contributed by atoms with Gasteiger partial charge in [-0.05, 0) is 30.3 Å². The standard InChI is InChI=1S/C23H18F2N6O3/c1-30-11-14-9-15(4-5-16(14)28-30)31-23(32)21(13-3-7-19(33-2)26-10-13)22-17(29-31)6-8-20(27-22)34-12-18(24)25/h3-11,18H,12H2,1-2H3. The van der Waals surface area contributed by atoms with Crippen molar-refractivity contribution < 1.29 is 18.3 Å². The molecule has 11 heteroatoms. The van der Waals surface area contributed by atoms with Gasteiger partial charge in [0.05, 0.1) is 23.9 Å². The van der Waals surface area contributed by atoms with E-state index in [1.54, 1.807) is 35.0 Å². The highest BCUT2D eigenvalue weighted by Gasteiger charge is 2.18. The highest BCUT2D eigenvalue weighted by atomic mass is 19.3. The van der Waals surface area contributed by atoms with Crippen LogP contribution < -0.4 is 15.0 Å². The molecular formula is C23H18F2N6O3. The third-order valence-electron chi connectivity index (χ3n) is 5.14. The van der Waals surface area contributed by atoms with Crippen LogP contribution in [0.5, 0.6) is 11.8 Å². The van der Waals surface area contributed by atoms with Crippen LogP contribution in [-0.2, 0) is 7.05 Å². The Balaban J connectivity index is 1.74. The second kappa shape index (κ2) is 8.50. The Bertz CT molecular complexity index is 1560. The van der Waals surface area contributed by atoms with Crippen molar-refractivity contribution >= 4 is 21.9 Å². The maximum Gasteiger partial charge on any atom is 0.281 e. The maximum atomic E-state index is 13.7. The van der Waals surface area contributed by atoms with Crippen molar-refractivity contribution in [3.63, 3.8) is 0 Å². The van der Waals surface area contributed by atoms with Crippen LogP contribution in [0.15, 0.2) is 59.7 Å². The first-order valence-electron chi connectivity index (χ1n) is 10.2. The van der Waals surface area contributed by atoms with E-state index in [4.69, 9.17) is 9.47 Å². The van der Waals surface area contributed by atoms with E-state index in [1.807, 2.05) is 19.3 Å². The van der Waals surface area contributed by atoms with Gasteiger partial charge in [-0.3, -0.25) is 9.48 Å². The van der Waals surface area contributed by atoms with Crippen LogP contribution >= 0.6 is 0 Å². The van der Waals surface area contributed by atoms with E-state index in [-0.39, 0.29) is 17.0 Å². The maximum absolute atomic E-state index is 13.7. The fourth-order valence-electron chi connectivity index (χ4n) is 3.64. The van der Waals surface area contributed by atoms with Gasteiger partial charge in [0.1, 0.15) is 11.0 Å². The highest BCUT2D eigenvalue weighted by Crippen LogP contribution is 2.27. The van der Waals surface area contributed by atoms with Crippen molar-refractivity contribution in [1.29, 1.82) is 0 Å². The van der Waals surface area contributed by atoms with Crippen LogP contribution in [0.1, 0.15) is 0 Å². The molecule has 0 amide bonds. The van der Waals surface area contributed by atoms with Crippen molar-refractivity contribution in [2.45, 2.75) is 6.43 Å². The second-order valence-electron chi connectivity index (χ2n) is 7.45. The van der Waals surface area contributed by atoms with Crippen LogP contribution in [0.4, 0.5) is 8.78 Å². The van der Waals surface area contributed by atoms with Crippen LogP contribution in [0.3, 0.4) is 0 Å². The summed E-state index contributed by atoms with van der Waals surface area (Å²) in [6.45, 7) is -0.812. The van der Waals surface area contributed by atoms with E-state index in [1.165, 1.54) is 24.1 Å². The second-order valence-corrected chi connectivity index (χ2v) is 7.45. The van der Waals surface area contributed by atoms with E-state index < -0.39 is 18.6 Å². The zero-order valence-corrected chi connectivity index (χ0v) is 18.1. The van der Waals surface area contributed by atoms with Crippen molar-refractivity contribution in [2.24, 2.45) is 7.05 Å². The number of aromatic nitrogens is 6. The molecule has 0 spiro atoms. The van der Waals surface area contributed by atoms with Crippen LogP contribution in [-0.4, -0.2) is 49.7 Å². The number of aryl methyl sites for hydroxylation is 1. The summed E-state index contributed by atoms with van der Waals surface area (Å²) in [5.41, 5.74) is 2.11. The van der Waals surface area contributed by atoms with E-state index in [2.05, 4.69) is 20.2 Å². The molecule has 0 atom stereocenters. The summed E-state index contributed by atoms with van der Waals surface area (Å²) in [7, 11) is 3.30. The van der Waals surface area contributed by atoms with Crippen molar-refractivity contribution in [3.8, 4) is 28.6 Å². The minimum absolute atomic E-state index is 0.0359. The summed E-state index contributed by atoms with van der Waals surface area (Å²) < 4.78 is 38.4. The van der Waals surface area contributed by atoms with E-state index >= 15 is 0 Å². The predicted octanol–water partition coefficient (Wildman–Crippen LogP) is 3.38. The molecule has 4 heterocycles. The smallest absolute Gasteiger partial charge is 0.281 e. The molecule has 172 valence electrons. The average Bonchev–Trinajstić information content (AvgIpc) is 3.21. The van der Waals surface area contributed by atoms with E-state index in [0.29, 0.717) is 22.6 Å². The summed E-state index contributed by atoms with van der Waals surface area (Å²) in [5.74, 6) is 0.338. The molecule has 0 saturated carbocycles. The lowest BCUT2D eigenvalue weighted by atomic mass is 10.1. The van der Waals surface area contributed by atoms with Crippen LogP contribution in [0, 0.1) is 0 Å². The quantitative estimate of drug-likeness (QED) is 0.380. The number of alkyl halides is 2. The number of pyridine rings is 2. The Morgan fingerprint density at radius 3 is 2.56 bits per heavy atom. The monoisotopic (exact) mass is 464 g/mol. The Hall–Kier alpha value is -4.41. The molecule has 5 aromatic rings. The minimum atomic E-state index is -2.66. The fraction of sp³-hybridized carbons (Fsp3) is 0.174. The molecule has 0 N–H and O–H groups in total.